The van der Waals surface area contributed by atoms with Crippen molar-refractivity contribution in [1.29, 1.82) is 0 Å². The van der Waals surface area contributed by atoms with Gasteiger partial charge in [0.1, 0.15) is 17.1 Å². The first-order chi connectivity index (χ1) is 61.5. The van der Waals surface area contributed by atoms with Crippen LogP contribution in [0.15, 0.2) is 171 Å². The number of carbonyl (C=O) groups is 8. The third-order valence-corrected chi connectivity index (χ3v) is 28.5. The molecule has 5 amide bonds. The van der Waals surface area contributed by atoms with Crippen molar-refractivity contribution in [2.24, 2.45) is 5.73 Å². The van der Waals surface area contributed by atoms with Crippen LogP contribution in [-0.4, -0.2) is 159 Å². The molecule has 0 bridgehead atoms. The Bertz CT molecular complexity index is 5900. The van der Waals surface area contributed by atoms with E-state index in [2.05, 4.69) is 72.9 Å². The number of hydrogen-bond acceptors (Lipinski definition) is 22. The highest BCUT2D eigenvalue weighted by Crippen LogP contribution is 2.43. The molecular weight excluding hydrogens is 1710 g/mol. The van der Waals surface area contributed by atoms with Gasteiger partial charge in [0.2, 0.25) is 5.91 Å². The molecule has 26 nitrogen and oxygen atoms in total. The number of pyridine rings is 1. The summed E-state index contributed by atoms with van der Waals surface area (Å²) in [6, 6.07) is 31.5. The van der Waals surface area contributed by atoms with Crippen LogP contribution in [0.25, 0.3) is 89.5 Å². The zero-order chi connectivity index (χ0) is 90.1. The molecule has 0 aliphatic heterocycles. The van der Waals surface area contributed by atoms with E-state index < -0.39 is 5.91 Å². The number of nitrogens with one attached hydrogen (secondary N) is 5. The number of Topliss-reactive ketones (excluding diaryl/α,β-unsaturated/α-hetero) is 3. The third-order valence-electron chi connectivity index (χ3n) is 23.9. The molecule has 664 valence electrons. The monoisotopic (exact) mass is 1820 g/mol. The summed E-state index contributed by atoms with van der Waals surface area (Å²) in [5.41, 5.74) is 17.5. The first-order valence-electron chi connectivity index (χ1n) is 43.3. The summed E-state index contributed by atoms with van der Waals surface area (Å²) in [5, 5.41) is 25.7. The summed E-state index contributed by atoms with van der Waals surface area (Å²) in [6.45, 7) is 19.0. The standard InChI is InChI=1S/C24H29N5O2S.2C24H28N4O2S2.C23H25N5O2S/c1-4-21(30)15-9-10-20-19(13-15)27-23(18-11-12-25-28-18)29(20)17-8-6-7-16(14-17)26-24(31)22(5-2)32-3;1-5-22(29)16-9-10-21-19(11-16)27-23(20-13-32-15(3)25-20)28(21)18-8-6-7-17(12-18)26-24(30)14(2)31-4;1-4-20(29)15-9-10-19-18(13-15)27-22(24-25-11-12-32-24)28(19)17-8-6-7-16(14-17)26-23(30)21(5-2)31-3;1-14(31-2)23(30)26-16-6-5-7-17(13-16)28-20-10-9-15(21(24)29)12-19(20)27-22(28)18-8-3-4-11-25-18/h5,9-13,16-17H,4,6-8,14H2,1-3H3,(H,25,28)(H,26,31);9-11,13,17-18H,2,5-8,12H2,1,3-4H3,(H,26,30);5,9-13,16-17H,4,6-8,14H2,1-3H3,(H,26,30);3-4,8-12,16-17H,1,5-7,13H2,2H3,(H2,24,29)(H,26,30)/b22-5-;;21-5-;. The molecule has 4 fully saturated rings. The maximum atomic E-state index is 12.6. The number of rotatable bonds is 27. The number of nitrogens with two attached hydrogens (primary N) is 1. The fraction of sp³-hybridized carbons (Fsp3) is 0.389. The van der Waals surface area contributed by atoms with E-state index in [9.17, 15) is 38.4 Å². The molecule has 4 saturated carbocycles. The highest BCUT2D eigenvalue weighted by molar-refractivity contribution is 8.04. The smallest absolute Gasteiger partial charge is 0.257 e. The number of aryl methyl sites for hydroxylation is 1. The molecule has 4 aromatic carbocycles. The zero-order valence-corrected chi connectivity index (χ0v) is 78.3. The number of aromatic nitrogens is 13. The highest BCUT2D eigenvalue weighted by atomic mass is 32.2. The van der Waals surface area contributed by atoms with Gasteiger partial charge in [-0.3, -0.25) is 48.4 Å². The van der Waals surface area contributed by atoms with E-state index in [1.807, 2.05) is 174 Å². The lowest BCUT2D eigenvalue weighted by atomic mass is 9.90. The topological polar surface area (TPSA) is 349 Å². The van der Waals surface area contributed by atoms with Crippen LogP contribution in [0.2, 0.25) is 0 Å². The van der Waals surface area contributed by atoms with E-state index in [4.69, 9.17) is 30.7 Å². The number of aromatic amines is 1. The van der Waals surface area contributed by atoms with Gasteiger partial charge in [-0.05, 0) is 240 Å². The molecule has 4 aliphatic rings. The summed E-state index contributed by atoms with van der Waals surface area (Å²) < 4.78 is 9.00. The Morgan fingerprint density at radius 1 is 0.457 bits per heavy atom. The van der Waals surface area contributed by atoms with Gasteiger partial charge in [0.25, 0.3) is 23.6 Å². The number of hydrogen-bond donors (Lipinski definition) is 6. The maximum absolute atomic E-state index is 12.6. The summed E-state index contributed by atoms with van der Waals surface area (Å²) in [7, 11) is 0. The third kappa shape index (κ3) is 22.1. The van der Waals surface area contributed by atoms with E-state index in [1.165, 1.54) is 47.0 Å². The molecule has 16 rings (SSSR count). The van der Waals surface area contributed by atoms with Crippen LogP contribution in [0.5, 0.6) is 0 Å². The summed E-state index contributed by atoms with van der Waals surface area (Å²) in [6.07, 6.45) is 33.1. The molecule has 4 aliphatic carbocycles. The van der Waals surface area contributed by atoms with Crippen molar-refractivity contribution < 1.29 is 38.4 Å². The second-order valence-corrected chi connectivity index (χ2v) is 37.4. The first kappa shape index (κ1) is 93.7. The van der Waals surface area contributed by atoms with Crippen LogP contribution in [-0.2, 0) is 19.2 Å². The predicted octanol–water partition coefficient (Wildman–Crippen LogP) is 19.7. The molecular formula is C95H110N18O8S6. The van der Waals surface area contributed by atoms with Gasteiger partial charge in [-0.2, -0.15) is 5.10 Å². The molecule has 0 radical (unpaired) electrons. The second kappa shape index (κ2) is 43.7. The Morgan fingerprint density at radius 3 is 1.20 bits per heavy atom. The van der Waals surface area contributed by atoms with Crippen molar-refractivity contribution >= 4 is 161 Å². The van der Waals surface area contributed by atoms with Gasteiger partial charge in [-0.15, -0.1) is 69.7 Å². The number of ketones is 3. The number of nitrogens with zero attached hydrogens (tertiary/aromatic N) is 12. The predicted molar refractivity (Wildman–Crippen MR) is 517 cm³/mol. The van der Waals surface area contributed by atoms with Gasteiger partial charge in [0.05, 0.1) is 68.8 Å². The maximum Gasteiger partial charge on any atom is 0.257 e. The first-order valence-corrected chi connectivity index (χ1v) is 50.0. The number of thiazole rings is 2. The van der Waals surface area contributed by atoms with Crippen LogP contribution in [0.3, 0.4) is 0 Å². The largest absolute Gasteiger partial charge is 0.366 e. The molecule has 0 spiro atoms. The van der Waals surface area contributed by atoms with E-state index in [-0.39, 0.29) is 89.3 Å². The minimum Gasteiger partial charge on any atom is -0.366 e. The van der Waals surface area contributed by atoms with Gasteiger partial charge < -0.3 is 45.3 Å². The summed E-state index contributed by atoms with van der Waals surface area (Å²) >= 11 is 8.84. The minimum absolute atomic E-state index is 0.00218. The lowest BCUT2D eigenvalue weighted by Crippen LogP contribution is -2.39. The Balaban J connectivity index is 0.000000145. The Morgan fingerprint density at radius 2 is 0.850 bits per heavy atom. The molecule has 8 aromatic heterocycles. The van der Waals surface area contributed by atoms with Crippen molar-refractivity contribution in [3.8, 4) is 45.4 Å². The number of fused-ring (bicyclic) bond motifs is 4. The number of H-pyrrole nitrogens is 1. The van der Waals surface area contributed by atoms with Crippen molar-refractivity contribution in [2.75, 3.05) is 25.0 Å². The van der Waals surface area contributed by atoms with Crippen LogP contribution < -0.4 is 27.0 Å². The highest BCUT2D eigenvalue weighted by Gasteiger charge is 2.35. The van der Waals surface area contributed by atoms with Gasteiger partial charge in [0, 0.05) is 119 Å². The number of carbonyl (C=O) groups excluding carboxylic acids is 8. The summed E-state index contributed by atoms with van der Waals surface area (Å²) in [4.78, 5) is 134. The van der Waals surface area contributed by atoms with E-state index in [0.29, 0.717) is 56.8 Å². The molecule has 8 unspecified atom stereocenters. The number of amides is 5. The van der Waals surface area contributed by atoms with Crippen LogP contribution in [0.1, 0.15) is 227 Å². The average molecular weight is 1820 g/mol. The lowest BCUT2D eigenvalue weighted by Gasteiger charge is -2.32. The molecule has 0 saturated heterocycles. The van der Waals surface area contributed by atoms with Crippen molar-refractivity contribution in [3.05, 3.63) is 199 Å². The van der Waals surface area contributed by atoms with E-state index >= 15 is 0 Å². The fourth-order valence-electron chi connectivity index (χ4n) is 17.6. The molecule has 12 aromatic rings. The van der Waals surface area contributed by atoms with Gasteiger partial charge in [0.15, 0.2) is 45.7 Å². The van der Waals surface area contributed by atoms with Gasteiger partial charge >= 0.3 is 0 Å². The Labute approximate surface area is 764 Å². The van der Waals surface area contributed by atoms with Crippen LogP contribution >= 0.6 is 69.7 Å². The zero-order valence-electron chi connectivity index (χ0n) is 73.4. The van der Waals surface area contributed by atoms with Gasteiger partial charge in [-0.25, -0.2) is 29.9 Å². The Hall–Kier alpha value is -10.9. The van der Waals surface area contributed by atoms with Crippen molar-refractivity contribution in [2.45, 2.75) is 212 Å². The molecule has 7 N–H and O–H groups in total. The normalized spacial score (nSPS) is 18.9. The molecule has 32 heteroatoms. The Kier molecular flexibility index (Phi) is 32.3. The fourth-order valence-corrected chi connectivity index (χ4v) is 20.2. The van der Waals surface area contributed by atoms with Crippen LogP contribution in [0.4, 0.5) is 0 Å². The van der Waals surface area contributed by atoms with Crippen molar-refractivity contribution in [3.63, 3.8) is 0 Å². The van der Waals surface area contributed by atoms with Crippen molar-refractivity contribution in [1.82, 2.24) is 84.6 Å². The number of primary amides is 1. The molecule has 127 heavy (non-hydrogen) atoms. The van der Waals surface area contributed by atoms with Gasteiger partial charge in [-0.1, -0.05) is 52.1 Å². The number of benzene rings is 4. The SMILES string of the molecule is C/C=C(\SC)C(=O)NC1CCCC(n2c(-c3ccn[nH]3)nc3cc(C(=O)CC)ccc32)C1.C/C=C(\SC)C(=O)NC1CCCC(n2c(-c3nccs3)nc3cc(C(=O)CC)ccc32)C1.C=C(SC)C(=O)NC1CCCC(n2c(-c3ccccn3)nc3cc(C(N)=O)ccc32)C1.C=C(SC)C(=O)NC1CCCC(n2c(-c3csc(C)n3)nc3cc(C(=O)CC)ccc32)C1. The minimum atomic E-state index is -0.481. The molecule has 8 heterocycles. The quantitative estimate of drug-likeness (QED) is 0.0206. The van der Waals surface area contributed by atoms with Crippen LogP contribution in [0, 0.1) is 6.92 Å². The van der Waals surface area contributed by atoms with E-state index in [0.717, 1.165) is 202 Å². The lowest BCUT2D eigenvalue weighted by molar-refractivity contribution is -0.118. The average Bonchev–Trinajstić information content (AvgIpc) is 1.63. The summed E-state index contributed by atoms with van der Waals surface area (Å²) in [5.74, 6) is 2.90. The number of imidazole rings is 4. The number of thioether (sulfide) groups is 4. The second-order valence-electron chi connectivity index (χ2n) is 31.9. The van der Waals surface area contributed by atoms with E-state index in [1.54, 1.807) is 53.4 Å². The molecule has 8 atom stereocenters. The number of allylic oxidation sites excluding steroid dienone is 2.